The maximum Gasteiger partial charge on any atom is 0.416 e. The number of benzene rings is 1. The number of nitrogens with one attached hydrogen (secondary N) is 2. The minimum absolute atomic E-state index is 0.0112. The summed E-state index contributed by atoms with van der Waals surface area (Å²) < 4.78 is 78.2. The monoisotopic (exact) mass is 500 g/mol. The molecule has 35 heavy (non-hydrogen) atoms. The van der Waals surface area contributed by atoms with Crippen molar-refractivity contribution in [2.75, 3.05) is 11.9 Å². The van der Waals surface area contributed by atoms with Gasteiger partial charge in [-0.25, -0.2) is 9.97 Å². The summed E-state index contributed by atoms with van der Waals surface area (Å²) in [6.07, 6.45) is -0.793. The van der Waals surface area contributed by atoms with E-state index in [1.807, 2.05) is 6.20 Å². The molecule has 0 spiro atoms. The summed E-state index contributed by atoms with van der Waals surface area (Å²) in [6, 6.07) is 1.08. The fourth-order valence-electron chi connectivity index (χ4n) is 4.66. The van der Waals surface area contributed by atoms with Gasteiger partial charge in [-0.3, -0.25) is 4.79 Å². The van der Waals surface area contributed by atoms with Crippen molar-refractivity contribution in [3.05, 3.63) is 52.3 Å². The highest BCUT2D eigenvalue weighted by Crippen LogP contribution is 2.36. The number of halogens is 6. The van der Waals surface area contributed by atoms with Gasteiger partial charge in [0, 0.05) is 30.0 Å². The molecule has 1 amide bonds. The van der Waals surface area contributed by atoms with Crippen LogP contribution in [0.5, 0.6) is 0 Å². The van der Waals surface area contributed by atoms with Gasteiger partial charge in [0.2, 0.25) is 5.95 Å². The number of hydrogen-bond donors (Lipinski definition) is 2. The first-order chi connectivity index (χ1) is 16.5. The Labute approximate surface area is 198 Å². The fourth-order valence-corrected chi connectivity index (χ4v) is 4.66. The molecular formula is C24H26F6N4O. The molecule has 2 aliphatic rings. The summed E-state index contributed by atoms with van der Waals surface area (Å²) in [4.78, 5) is 21.4. The molecular weight excluding hydrogens is 474 g/mol. The van der Waals surface area contributed by atoms with Gasteiger partial charge in [0.25, 0.3) is 5.91 Å². The molecule has 1 saturated carbocycles. The molecule has 1 aromatic carbocycles. The van der Waals surface area contributed by atoms with Gasteiger partial charge in [-0.2, -0.15) is 26.3 Å². The first-order valence-electron chi connectivity index (χ1n) is 11.7. The predicted octanol–water partition coefficient (Wildman–Crippen LogP) is 5.79. The van der Waals surface area contributed by atoms with E-state index in [0.717, 1.165) is 57.1 Å². The number of nitrogens with zero attached hydrogens (tertiary/aromatic N) is 2. The minimum atomic E-state index is -5.00. The van der Waals surface area contributed by atoms with Crippen molar-refractivity contribution in [1.82, 2.24) is 15.3 Å². The van der Waals surface area contributed by atoms with Crippen LogP contribution in [0.2, 0.25) is 0 Å². The number of anilines is 1. The van der Waals surface area contributed by atoms with Crippen molar-refractivity contribution >= 4 is 11.9 Å². The highest BCUT2D eigenvalue weighted by atomic mass is 19.4. The average Bonchev–Trinajstić information content (AvgIpc) is 2.82. The second-order valence-electron chi connectivity index (χ2n) is 9.24. The van der Waals surface area contributed by atoms with E-state index >= 15 is 0 Å². The summed E-state index contributed by atoms with van der Waals surface area (Å²) in [5, 5.41) is 5.87. The number of carbonyl (C=O) groups excluding carboxylic acids is 1. The number of fused-ring (bicyclic) bond motifs is 1. The van der Waals surface area contributed by atoms with Crippen LogP contribution in [0.25, 0.3) is 0 Å². The van der Waals surface area contributed by atoms with Gasteiger partial charge in [0.1, 0.15) is 0 Å². The van der Waals surface area contributed by atoms with Gasteiger partial charge in [0.15, 0.2) is 0 Å². The van der Waals surface area contributed by atoms with Crippen LogP contribution in [0, 0.1) is 5.92 Å². The van der Waals surface area contributed by atoms with Crippen molar-refractivity contribution in [2.24, 2.45) is 5.92 Å². The number of alkyl halides is 6. The summed E-state index contributed by atoms with van der Waals surface area (Å²) in [7, 11) is 0. The van der Waals surface area contributed by atoms with Gasteiger partial charge in [-0.1, -0.05) is 0 Å². The number of amides is 1. The maximum absolute atomic E-state index is 13.0. The minimum Gasteiger partial charge on any atom is -0.352 e. The molecule has 11 heteroatoms. The van der Waals surface area contributed by atoms with Crippen LogP contribution in [-0.2, 0) is 25.2 Å². The molecule has 4 rings (SSSR count). The van der Waals surface area contributed by atoms with E-state index in [-0.39, 0.29) is 24.6 Å². The van der Waals surface area contributed by atoms with Gasteiger partial charge in [-0.15, -0.1) is 0 Å². The lowest BCUT2D eigenvalue weighted by atomic mass is 9.86. The third-order valence-electron chi connectivity index (χ3n) is 6.65. The van der Waals surface area contributed by atoms with Crippen molar-refractivity contribution in [3.8, 4) is 0 Å². The van der Waals surface area contributed by atoms with E-state index in [1.54, 1.807) is 0 Å². The molecule has 1 fully saturated rings. The lowest BCUT2D eigenvalue weighted by molar-refractivity contribution is -0.143. The molecule has 5 nitrogen and oxygen atoms in total. The Bertz CT molecular complexity index is 1030. The zero-order valence-corrected chi connectivity index (χ0v) is 18.9. The lowest BCUT2D eigenvalue weighted by Crippen LogP contribution is -2.34. The fraction of sp³-hybridized carbons (Fsp3) is 0.542. The van der Waals surface area contributed by atoms with E-state index in [0.29, 0.717) is 18.1 Å². The van der Waals surface area contributed by atoms with Crippen molar-refractivity contribution in [1.29, 1.82) is 0 Å². The Hall–Kier alpha value is -2.85. The molecule has 2 aromatic rings. The molecule has 1 aromatic heterocycles. The van der Waals surface area contributed by atoms with E-state index in [4.69, 9.17) is 0 Å². The van der Waals surface area contributed by atoms with Crippen LogP contribution < -0.4 is 10.6 Å². The van der Waals surface area contributed by atoms with Gasteiger partial charge >= 0.3 is 12.4 Å². The Morgan fingerprint density at radius 3 is 2.17 bits per heavy atom. The number of aromatic nitrogens is 2. The second-order valence-corrected chi connectivity index (χ2v) is 9.24. The summed E-state index contributed by atoms with van der Waals surface area (Å²) in [5.41, 5.74) is -1.38. The molecule has 190 valence electrons. The molecule has 0 atom stereocenters. The molecule has 0 saturated heterocycles. The average molecular weight is 500 g/mol. The standard InChI is InChI=1S/C24H26F6N4O/c25-23(26,27)17-9-16(10-18(11-17)24(28,29)30)21(35)31-12-14-5-7-19(8-6-14)33-22-32-13-15-3-1-2-4-20(15)34-22/h9-11,13-14,19H,1-8,12H2,(H,31,35)(H,32,33,34). The van der Waals surface area contributed by atoms with E-state index in [2.05, 4.69) is 20.6 Å². The van der Waals surface area contributed by atoms with Crippen LogP contribution in [0.1, 0.15) is 71.3 Å². The van der Waals surface area contributed by atoms with Crippen molar-refractivity contribution in [2.45, 2.75) is 69.8 Å². The highest BCUT2D eigenvalue weighted by Gasteiger charge is 2.37. The molecule has 2 N–H and O–H groups in total. The zero-order valence-electron chi connectivity index (χ0n) is 18.9. The Morgan fingerprint density at radius 2 is 1.54 bits per heavy atom. The van der Waals surface area contributed by atoms with Crippen LogP contribution in [-0.4, -0.2) is 28.5 Å². The van der Waals surface area contributed by atoms with Crippen LogP contribution in [0.15, 0.2) is 24.4 Å². The van der Waals surface area contributed by atoms with Gasteiger partial charge < -0.3 is 10.6 Å². The Kier molecular flexibility index (Phi) is 7.23. The highest BCUT2D eigenvalue weighted by molar-refractivity contribution is 5.94. The Balaban J connectivity index is 1.30. The number of carbonyl (C=O) groups is 1. The van der Waals surface area contributed by atoms with Crippen LogP contribution in [0.4, 0.5) is 32.3 Å². The maximum atomic E-state index is 13.0. The molecule has 2 aliphatic carbocycles. The SMILES string of the molecule is O=C(NCC1CCC(Nc2ncc3c(n2)CCCC3)CC1)c1cc(C(F)(F)F)cc(C(F)(F)F)c1. The number of rotatable bonds is 5. The van der Waals surface area contributed by atoms with Crippen molar-refractivity contribution in [3.63, 3.8) is 0 Å². The van der Waals surface area contributed by atoms with Gasteiger partial charge in [0.05, 0.1) is 11.1 Å². The normalized spacial score (nSPS) is 20.7. The van der Waals surface area contributed by atoms with Crippen molar-refractivity contribution < 1.29 is 31.1 Å². The topological polar surface area (TPSA) is 66.9 Å². The Morgan fingerprint density at radius 1 is 0.914 bits per heavy atom. The first-order valence-corrected chi connectivity index (χ1v) is 11.7. The molecule has 0 radical (unpaired) electrons. The van der Waals surface area contributed by atoms with E-state index in [1.165, 1.54) is 5.56 Å². The number of hydrogen-bond acceptors (Lipinski definition) is 4. The predicted molar refractivity (Wildman–Crippen MR) is 117 cm³/mol. The third kappa shape index (κ3) is 6.43. The van der Waals surface area contributed by atoms with E-state index < -0.39 is 35.0 Å². The lowest BCUT2D eigenvalue weighted by Gasteiger charge is -2.29. The molecule has 0 bridgehead atoms. The largest absolute Gasteiger partial charge is 0.416 e. The quantitative estimate of drug-likeness (QED) is 0.510. The molecule has 1 heterocycles. The summed E-state index contributed by atoms with van der Waals surface area (Å²) >= 11 is 0. The first kappa shape index (κ1) is 25.2. The summed E-state index contributed by atoms with van der Waals surface area (Å²) in [5.74, 6) is -0.272. The third-order valence-corrected chi connectivity index (χ3v) is 6.65. The summed E-state index contributed by atoms with van der Waals surface area (Å²) in [6.45, 7) is 0.179. The zero-order chi connectivity index (χ0) is 25.2. The molecule has 0 unspecified atom stereocenters. The van der Waals surface area contributed by atoms with E-state index in [9.17, 15) is 31.1 Å². The van der Waals surface area contributed by atoms with Gasteiger partial charge in [-0.05, 0) is 81.0 Å². The number of aryl methyl sites for hydroxylation is 2. The van der Waals surface area contributed by atoms with Crippen LogP contribution in [0.3, 0.4) is 0 Å². The van der Waals surface area contributed by atoms with Crippen LogP contribution >= 0.6 is 0 Å². The molecule has 0 aliphatic heterocycles. The smallest absolute Gasteiger partial charge is 0.352 e. The second kappa shape index (κ2) is 10.0.